The minimum absolute atomic E-state index is 0.863. The Bertz CT molecular complexity index is 609. The second-order valence-corrected chi connectivity index (χ2v) is 7.55. The van der Waals surface area contributed by atoms with E-state index in [1.54, 1.807) is 16.7 Å². The van der Waals surface area contributed by atoms with Gasteiger partial charge in [-0.1, -0.05) is 62.5 Å². The topological polar surface area (TPSA) is 0 Å². The number of unbranched alkanes of at least 4 members (excludes halogenated alkanes) is 1. The van der Waals surface area contributed by atoms with E-state index in [0.29, 0.717) is 0 Å². The van der Waals surface area contributed by atoms with Gasteiger partial charge in [-0.05, 0) is 79.7 Å². The Hall–Kier alpha value is -1.30. The summed E-state index contributed by atoms with van der Waals surface area (Å²) in [7, 11) is 0. The summed E-state index contributed by atoms with van der Waals surface area (Å²) in [6.45, 7) is 6.91. The van der Waals surface area contributed by atoms with Crippen molar-refractivity contribution in [3.8, 4) is 0 Å². The van der Waals surface area contributed by atoms with E-state index in [-0.39, 0.29) is 0 Å². The monoisotopic (exact) mass is 308 g/mol. The zero-order chi connectivity index (χ0) is 16.2. The Morgan fingerprint density at radius 3 is 2.57 bits per heavy atom. The lowest BCUT2D eigenvalue weighted by Gasteiger charge is -2.24. The quantitative estimate of drug-likeness (QED) is 0.548. The van der Waals surface area contributed by atoms with E-state index in [1.807, 2.05) is 0 Å². The maximum absolute atomic E-state index is 2.49. The van der Waals surface area contributed by atoms with Crippen LogP contribution in [-0.2, 0) is 6.42 Å². The third-order valence-electron chi connectivity index (χ3n) is 5.97. The molecular weight excluding hydrogens is 276 g/mol. The number of allylic oxidation sites excluding steroid dienone is 4. The first-order valence-electron chi connectivity index (χ1n) is 9.70. The van der Waals surface area contributed by atoms with Crippen molar-refractivity contribution in [3.05, 3.63) is 52.1 Å². The van der Waals surface area contributed by atoms with Gasteiger partial charge in [0, 0.05) is 0 Å². The van der Waals surface area contributed by atoms with Crippen molar-refractivity contribution in [2.45, 2.75) is 78.6 Å². The van der Waals surface area contributed by atoms with Gasteiger partial charge in [0.1, 0.15) is 0 Å². The van der Waals surface area contributed by atoms with Gasteiger partial charge in [0.25, 0.3) is 0 Å². The van der Waals surface area contributed by atoms with Crippen LogP contribution in [0.1, 0.15) is 81.9 Å². The summed E-state index contributed by atoms with van der Waals surface area (Å²) in [6, 6.07) is 7.13. The molecule has 0 atom stereocenters. The molecular formula is C23H32. The molecule has 0 nitrogen and oxygen atoms in total. The van der Waals surface area contributed by atoms with E-state index in [0.717, 1.165) is 5.92 Å². The van der Waals surface area contributed by atoms with E-state index in [4.69, 9.17) is 0 Å². The third kappa shape index (κ3) is 3.62. The minimum atomic E-state index is 0.863. The van der Waals surface area contributed by atoms with E-state index in [1.165, 1.54) is 74.5 Å². The fraction of sp³-hybridized carbons (Fsp3) is 0.565. The summed E-state index contributed by atoms with van der Waals surface area (Å²) >= 11 is 0. The Balaban J connectivity index is 1.83. The maximum Gasteiger partial charge on any atom is -0.0121 e. The highest BCUT2D eigenvalue weighted by Gasteiger charge is 2.24. The lowest BCUT2D eigenvalue weighted by atomic mass is 9.81. The van der Waals surface area contributed by atoms with Crippen LogP contribution in [0, 0.1) is 12.8 Å². The summed E-state index contributed by atoms with van der Waals surface area (Å²) in [6.07, 6.45) is 14.6. The van der Waals surface area contributed by atoms with Gasteiger partial charge in [-0.2, -0.15) is 0 Å². The fourth-order valence-electron chi connectivity index (χ4n) is 4.43. The highest BCUT2D eigenvalue weighted by atomic mass is 14.3. The van der Waals surface area contributed by atoms with Gasteiger partial charge < -0.3 is 0 Å². The van der Waals surface area contributed by atoms with Crippen LogP contribution in [-0.4, -0.2) is 0 Å². The molecule has 1 fully saturated rings. The van der Waals surface area contributed by atoms with Crippen molar-refractivity contribution in [1.29, 1.82) is 0 Å². The zero-order valence-electron chi connectivity index (χ0n) is 15.3. The highest BCUT2D eigenvalue weighted by molar-refractivity contribution is 5.82. The van der Waals surface area contributed by atoms with Gasteiger partial charge in [-0.3, -0.25) is 0 Å². The number of rotatable bonds is 5. The van der Waals surface area contributed by atoms with Crippen molar-refractivity contribution in [2.75, 3.05) is 0 Å². The fourth-order valence-corrected chi connectivity index (χ4v) is 4.43. The molecule has 0 spiro atoms. The van der Waals surface area contributed by atoms with E-state index < -0.39 is 0 Å². The standard InChI is InChI=1S/C23H32/c1-4-5-9-20-16-21(13-12-17(20)2)23-15-14-22(18(23)3)19-10-7-6-8-11-19/h12-13,15-16,19H,4-11,14H2,1-3H3. The molecule has 124 valence electrons. The predicted octanol–water partition coefficient (Wildman–Crippen LogP) is 7.02. The molecule has 1 aromatic carbocycles. The highest BCUT2D eigenvalue weighted by Crippen LogP contribution is 2.41. The first-order chi connectivity index (χ1) is 11.2. The molecule has 0 N–H and O–H groups in total. The molecule has 0 heteroatoms. The average Bonchev–Trinajstić information content (AvgIpc) is 2.96. The van der Waals surface area contributed by atoms with E-state index >= 15 is 0 Å². The van der Waals surface area contributed by atoms with Crippen molar-refractivity contribution in [3.63, 3.8) is 0 Å². The van der Waals surface area contributed by atoms with Crippen LogP contribution in [0.15, 0.2) is 35.4 Å². The van der Waals surface area contributed by atoms with Crippen LogP contribution in [0.3, 0.4) is 0 Å². The molecule has 0 amide bonds. The molecule has 0 bridgehead atoms. The van der Waals surface area contributed by atoms with Gasteiger partial charge >= 0.3 is 0 Å². The molecule has 2 aliphatic carbocycles. The van der Waals surface area contributed by atoms with Crippen LogP contribution < -0.4 is 0 Å². The smallest absolute Gasteiger partial charge is 0.0121 e. The molecule has 3 rings (SSSR count). The van der Waals surface area contributed by atoms with Crippen molar-refractivity contribution in [2.24, 2.45) is 5.92 Å². The van der Waals surface area contributed by atoms with E-state index in [2.05, 4.69) is 45.0 Å². The normalized spacial score (nSPS) is 19.3. The largest absolute Gasteiger partial charge is 0.0723 e. The summed E-state index contributed by atoms with van der Waals surface area (Å²) in [5.41, 5.74) is 9.30. The summed E-state index contributed by atoms with van der Waals surface area (Å²) in [4.78, 5) is 0. The molecule has 0 unspecified atom stereocenters. The molecule has 23 heavy (non-hydrogen) atoms. The van der Waals surface area contributed by atoms with E-state index in [9.17, 15) is 0 Å². The van der Waals surface area contributed by atoms with Crippen LogP contribution in [0.5, 0.6) is 0 Å². The van der Waals surface area contributed by atoms with Crippen molar-refractivity contribution < 1.29 is 0 Å². The Labute approximate surface area is 142 Å². The molecule has 0 aromatic heterocycles. The molecule has 0 heterocycles. The second-order valence-electron chi connectivity index (χ2n) is 7.55. The number of hydrogen-bond donors (Lipinski definition) is 0. The Morgan fingerprint density at radius 1 is 1.04 bits per heavy atom. The maximum atomic E-state index is 2.49. The number of hydrogen-bond acceptors (Lipinski definition) is 0. The van der Waals surface area contributed by atoms with Crippen molar-refractivity contribution >= 4 is 5.57 Å². The Kier molecular flexibility index (Phi) is 5.41. The van der Waals surface area contributed by atoms with Gasteiger partial charge in [0.15, 0.2) is 0 Å². The molecule has 0 radical (unpaired) electrons. The average molecular weight is 309 g/mol. The van der Waals surface area contributed by atoms with Crippen LogP contribution in [0.2, 0.25) is 0 Å². The summed E-state index contributed by atoms with van der Waals surface area (Å²) < 4.78 is 0. The lowest BCUT2D eigenvalue weighted by molar-refractivity contribution is 0.398. The second kappa shape index (κ2) is 7.51. The van der Waals surface area contributed by atoms with Gasteiger partial charge in [-0.15, -0.1) is 0 Å². The first-order valence-corrected chi connectivity index (χ1v) is 9.70. The predicted molar refractivity (Wildman–Crippen MR) is 102 cm³/mol. The lowest BCUT2D eigenvalue weighted by Crippen LogP contribution is -2.09. The first kappa shape index (κ1) is 16.6. The molecule has 1 saturated carbocycles. The molecule has 0 aliphatic heterocycles. The Morgan fingerprint density at radius 2 is 1.83 bits per heavy atom. The summed E-state index contributed by atoms with van der Waals surface area (Å²) in [5.74, 6) is 0.863. The van der Waals surface area contributed by atoms with Crippen molar-refractivity contribution in [1.82, 2.24) is 0 Å². The third-order valence-corrected chi connectivity index (χ3v) is 5.97. The SMILES string of the molecule is CCCCc1cc(C2=CCC(C3CCCCC3)=C2C)ccc1C. The minimum Gasteiger partial charge on any atom is -0.0723 e. The van der Waals surface area contributed by atoms with Gasteiger partial charge in [0.05, 0.1) is 0 Å². The van der Waals surface area contributed by atoms with Crippen LogP contribution in [0.25, 0.3) is 5.57 Å². The van der Waals surface area contributed by atoms with Gasteiger partial charge in [0.2, 0.25) is 0 Å². The van der Waals surface area contributed by atoms with Crippen LogP contribution >= 0.6 is 0 Å². The number of benzene rings is 1. The van der Waals surface area contributed by atoms with Gasteiger partial charge in [-0.25, -0.2) is 0 Å². The molecule has 0 saturated heterocycles. The zero-order valence-corrected chi connectivity index (χ0v) is 15.3. The molecule has 2 aliphatic rings. The number of aryl methyl sites for hydroxylation is 2. The molecule has 1 aromatic rings. The van der Waals surface area contributed by atoms with Crippen LogP contribution in [0.4, 0.5) is 0 Å². The summed E-state index contributed by atoms with van der Waals surface area (Å²) in [5, 5.41) is 0.